The predicted octanol–water partition coefficient (Wildman–Crippen LogP) is 0.299. The smallest absolute Gasteiger partial charge is 0.183 e. The normalized spacial score (nSPS) is 10.3. The van der Waals surface area contributed by atoms with Crippen molar-refractivity contribution in [1.82, 2.24) is 25.0 Å². The minimum absolute atomic E-state index is 0.794. The van der Waals surface area contributed by atoms with Crippen molar-refractivity contribution >= 4 is 0 Å². The first kappa shape index (κ1) is 6.09. The second kappa shape index (κ2) is 2.19. The minimum Gasteiger partial charge on any atom is -0.287 e. The van der Waals surface area contributed by atoms with Crippen molar-refractivity contribution in [2.75, 3.05) is 0 Å². The van der Waals surface area contributed by atoms with Crippen LogP contribution in [0.15, 0.2) is 18.7 Å². The third-order valence-corrected chi connectivity index (χ3v) is 1.45. The summed E-state index contributed by atoms with van der Waals surface area (Å²) in [4.78, 5) is 3.90. The lowest BCUT2D eigenvalue weighted by Crippen LogP contribution is -1.92. The molecule has 0 aliphatic heterocycles. The van der Waals surface area contributed by atoms with E-state index >= 15 is 0 Å². The van der Waals surface area contributed by atoms with Crippen molar-refractivity contribution in [3.8, 4) is 5.82 Å². The van der Waals surface area contributed by atoms with Gasteiger partial charge in [0.25, 0.3) is 0 Å². The largest absolute Gasteiger partial charge is 0.287 e. The van der Waals surface area contributed by atoms with Gasteiger partial charge in [-0.05, 0) is 6.92 Å². The van der Waals surface area contributed by atoms with Crippen molar-refractivity contribution in [3.05, 3.63) is 24.4 Å². The van der Waals surface area contributed by atoms with E-state index in [9.17, 15) is 0 Å². The predicted molar refractivity (Wildman–Crippen MR) is 38.2 cm³/mol. The Kier molecular flexibility index (Phi) is 1.21. The molecule has 0 fully saturated rings. The van der Waals surface area contributed by atoms with Crippen molar-refractivity contribution in [1.29, 1.82) is 0 Å². The van der Waals surface area contributed by atoms with Gasteiger partial charge >= 0.3 is 0 Å². The Morgan fingerprint density at radius 2 is 2.36 bits per heavy atom. The molecule has 0 aromatic carbocycles. The van der Waals surface area contributed by atoms with Gasteiger partial charge in [0.15, 0.2) is 5.82 Å². The van der Waals surface area contributed by atoms with E-state index < -0.39 is 0 Å². The average molecular weight is 149 g/mol. The number of aromatic nitrogens is 5. The zero-order valence-electron chi connectivity index (χ0n) is 6.02. The Hall–Kier alpha value is -1.65. The number of nitrogens with one attached hydrogen (secondary N) is 1. The summed E-state index contributed by atoms with van der Waals surface area (Å²) in [5.41, 5.74) is 0.864. The Balaban J connectivity index is 2.53. The van der Waals surface area contributed by atoms with Crippen LogP contribution in [0.4, 0.5) is 0 Å². The van der Waals surface area contributed by atoms with Gasteiger partial charge in [0.1, 0.15) is 12.0 Å². The maximum absolute atomic E-state index is 3.95. The lowest BCUT2D eigenvalue weighted by atomic mass is 10.5. The number of nitrogens with zero attached hydrogens (tertiary/aromatic N) is 4. The van der Waals surface area contributed by atoms with Crippen LogP contribution in [0.2, 0.25) is 0 Å². The van der Waals surface area contributed by atoms with Gasteiger partial charge in [0, 0.05) is 12.4 Å². The van der Waals surface area contributed by atoms with Gasteiger partial charge < -0.3 is 0 Å². The topological polar surface area (TPSA) is 59.4 Å². The average Bonchev–Trinajstić information content (AvgIpc) is 2.55. The molecule has 2 aromatic rings. The highest BCUT2D eigenvalue weighted by atomic mass is 15.4. The first-order chi connectivity index (χ1) is 5.38. The molecular weight excluding hydrogens is 142 g/mol. The molecule has 5 heteroatoms. The number of aromatic amines is 1. The molecule has 1 N–H and O–H groups in total. The Morgan fingerprint density at radius 1 is 1.45 bits per heavy atom. The van der Waals surface area contributed by atoms with Crippen molar-refractivity contribution in [3.63, 3.8) is 0 Å². The summed E-state index contributed by atoms with van der Waals surface area (Å²) in [6.07, 6.45) is 5.21. The van der Waals surface area contributed by atoms with E-state index in [1.165, 1.54) is 0 Å². The van der Waals surface area contributed by atoms with E-state index in [-0.39, 0.29) is 0 Å². The molecule has 0 atom stereocenters. The third kappa shape index (κ3) is 0.899. The standard InChI is InChI=1S/C6H7N5/c1-5-6(9-10-8-5)11-3-2-7-4-11/h2-4H,1H3,(H,8,9,10). The monoisotopic (exact) mass is 149 g/mol. The van der Waals surface area contributed by atoms with Crippen molar-refractivity contribution in [2.24, 2.45) is 0 Å². The van der Waals surface area contributed by atoms with Gasteiger partial charge in [-0.3, -0.25) is 4.57 Å². The fourth-order valence-electron chi connectivity index (χ4n) is 0.907. The summed E-state index contributed by atoms with van der Waals surface area (Å²) in [6.45, 7) is 1.89. The lowest BCUT2D eigenvalue weighted by Gasteiger charge is -1.93. The Morgan fingerprint density at radius 3 is 2.91 bits per heavy atom. The van der Waals surface area contributed by atoms with Crippen molar-refractivity contribution in [2.45, 2.75) is 6.92 Å². The first-order valence-corrected chi connectivity index (χ1v) is 3.23. The first-order valence-electron chi connectivity index (χ1n) is 3.23. The van der Waals surface area contributed by atoms with Crippen LogP contribution in [0.5, 0.6) is 0 Å². The number of imidazole rings is 1. The van der Waals surface area contributed by atoms with Gasteiger partial charge in [0.05, 0.1) is 0 Å². The molecule has 0 saturated heterocycles. The molecule has 56 valence electrons. The maximum atomic E-state index is 3.95. The molecule has 0 saturated carbocycles. The molecule has 0 unspecified atom stereocenters. The van der Waals surface area contributed by atoms with Crippen LogP contribution < -0.4 is 0 Å². The van der Waals surface area contributed by atoms with Crippen LogP contribution in [-0.2, 0) is 0 Å². The second-order valence-corrected chi connectivity index (χ2v) is 2.20. The molecule has 2 aromatic heterocycles. The highest BCUT2D eigenvalue weighted by Crippen LogP contribution is 2.04. The quantitative estimate of drug-likeness (QED) is 0.634. The van der Waals surface area contributed by atoms with Crippen LogP contribution >= 0.6 is 0 Å². The Labute approximate surface area is 63.1 Å². The summed E-state index contributed by atoms with van der Waals surface area (Å²) >= 11 is 0. The van der Waals surface area contributed by atoms with E-state index in [4.69, 9.17) is 0 Å². The number of hydrogen-bond acceptors (Lipinski definition) is 3. The van der Waals surface area contributed by atoms with E-state index in [2.05, 4.69) is 20.4 Å². The van der Waals surface area contributed by atoms with E-state index in [0.717, 1.165) is 11.5 Å². The zero-order chi connectivity index (χ0) is 7.68. The molecule has 0 amide bonds. The maximum Gasteiger partial charge on any atom is 0.183 e. The number of hydrogen-bond donors (Lipinski definition) is 1. The number of aryl methyl sites for hydroxylation is 1. The second-order valence-electron chi connectivity index (χ2n) is 2.20. The van der Waals surface area contributed by atoms with Crippen LogP contribution in [0, 0.1) is 6.92 Å². The van der Waals surface area contributed by atoms with Crippen molar-refractivity contribution < 1.29 is 0 Å². The van der Waals surface area contributed by atoms with Gasteiger partial charge in [-0.25, -0.2) is 4.98 Å². The third-order valence-electron chi connectivity index (χ3n) is 1.45. The molecule has 2 heterocycles. The van der Waals surface area contributed by atoms with Gasteiger partial charge in [-0.2, -0.15) is 10.3 Å². The fourth-order valence-corrected chi connectivity index (χ4v) is 0.907. The molecule has 0 bridgehead atoms. The highest BCUT2D eigenvalue weighted by Gasteiger charge is 2.02. The summed E-state index contributed by atoms with van der Waals surface area (Å²) in [5, 5.41) is 10.4. The molecule has 0 aliphatic carbocycles. The molecule has 0 spiro atoms. The van der Waals surface area contributed by atoms with Gasteiger partial charge in [-0.1, -0.05) is 0 Å². The molecule has 2 rings (SSSR count). The molecule has 11 heavy (non-hydrogen) atoms. The lowest BCUT2D eigenvalue weighted by molar-refractivity contribution is 0.904. The molecule has 0 aliphatic rings. The van der Waals surface area contributed by atoms with Crippen LogP contribution in [-0.4, -0.2) is 25.0 Å². The van der Waals surface area contributed by atoms with Crippen LogP contribution in [0.3, 0.4) is 0 Å². The Bertz CT molecular complexity index is 333. The molecule has 5 nitrogen and oxygen atoms in total. The van der Waals surface area contributed by atoms with E-state index in [1.807, 2.05) is 13.1 Å². The van der Waals surface area contributed by atoms with Crippen LogP contribution in [0.25, 0.3) is 5.82 Å². The molecule has 0 radical (unpaired) electrons. The zero-order valence-corrected chi connectivity index (χ0v) is 6.02. The summed E-state index contributed by atoms with van der Waals surface area (Å²) in [7, 11) is 0. The SMILES string of the molecule is Cc1n[nH]nc1-n1ccnc1. The fraction of sp³-hybridized carbons (Fsp3) is 0.167. The summed E-state index contributed by atoms with van der Waals surface area (Å²) < 4.78 is 1.80. The number of H-pyrrole nitrogens is 1. The van der Waals surface area contributed by atoms with E-state index in [1.54, 1.807) is 17.1 Å². The summed E-state index contributed by atoms with van der Waals surface area (Å²) in [5.74, 6) is 0.794. The number of rotatable bonds is 1. The van der Waals surface area contributed by atoms with E-state index in [0.29, 0.717) is 0 Å². The van der Waals surface area contributed by atoms with Gasteiger partial charge in [-0.15, -0.1) is 5.10 Å². The van der Waals surface area contributed by atoms with Gasteiger partial charge in [0.2, 0.25) is 0 Å². The summed E-state index contributed by atoms with van der Waals surface area (Å²) in [6, 6.07) is 0. The molecular formula is C6H7N5. The highest BCUT2D eigenvalue weighted by molar-refractivity contribution is 5.24. The minimum atomic E-state index is 0.794. The van der Waals surface area contributed by atoms with Crippen LogP contribution in [0.1, 0.15) is 5.69 Å².